The first-order valence-electron chi connectivity index (χ1n) is 3.71. The van der Waals surface area contributed by atoms with E-state index in [0.29, 0.717) is 0 Å². The van der Waals surface area contributed by atoms with E-state index in [-0.39, 0.29) is 13.8 Å². The molecule has 16 heavy (non-hydrogen) atoms. The maximum absolute atomic E-state index is 12.9. The molecule has 1 atom stereocenters. The van der Waals surface area contributed by atoms with Crippen molar-refractivity contribution >= 4 is 10.1 Å². The molecule has 3 nitrogen and oxygen atoms in total. The van der Waals surface area contributed by atoms with E-state index in [1.165, 1.54) is 0 Å². The lowest BCUT2D eigenvalue weighted by molar-refractivity contribution is -0.250. The predicted octanol–water partition coefficient (Wildman–Crippen LogP) is 2.39. The van der Waals surface area contributed by atoms with Gasteiger partial charge in [-0.15, -0.1) is 0 Å². The average Bonchev–Trinajstić information content (AvgIpc) is 1.98. The van der Waals surface area contributed by atoms with E-state index >= 15 is 0 Å². The molecule has 0 aromatic carbocycles. The Kier molecular flexibility index (Phi) is 3.64. The summed E-state index contributed by atoms with van der Waals surface area (Å²) in [5.74, 6) is 0. The summed E-state index contributed by atoms with van der Waals surface area (Å²) in [6.07, 6.45) is -9.50. The minimum absolute atomic E-state index is 0.0662. The SMILES string of the molecule is CC(C)(C(F)C(F)(F)S(=O)(=O)O)C(F)(F)F. The van der Waals surface area contributed by atoms with Gasteiger partial charge in [0, 0.05) is 0 Å². The third-order valence-corrected chi connectivity index (χ3v) is 2.90. The number of hydrogen-bond acceptors (Lipinski definition) is 2. The summed E-state index contributed by atoms with van der Waals surface area (Å²) in [4.78, 5) is 0. The van der Waals surface area contributed by atoms with Gasteiger partial charge >= 0.3 is 21.5 Å². The van der Waals surface area contributed by atoms with Crippen molar-refractivity contribution < 1.29 is 39.3 Å². The molecule has 0 fully saturated rings. The van der Waals surface area contributed by atoms with Crippen molar-refractivity contribution in [3.05, 3.63) is 0 Å². The van der Waals surface area contributed by atoms with Gasteiger partial charge in [0.15, 0.2) is 6.17 Å². The van der Waals surface area contributed by atoms with Gasteiger partial charge in [0.1, 0.15) is 0 Å². The van der Waals surface area contributed by atoms with Crippen LogP contribution in [0.3, 0.4) is 0 Å². The summed E-state index contributed by atoms with van der Waals surface area (Å²) >= 11 is 0. The van der Waals surface area contributed by atoms with Crippen LogP contribution in [-0.4, -0.2) is 30.6 Å². The highest BCUT2D eigenvalue weighted by Gasteiger charge is 2.66. The van der Waals surface area contributed by atoms with Crippen molar-refractivity contribution in [3.8, 4) is 0 Å². The fourth-order valence-corrected chi connectivity index (χ4v) is 1.25. The van der Waals surface area contributed by atoms with Crippen LogP contribution in [0.15, 0.2) is 0 Å². The number of hydrogen-bond donors (Lipinski definition) is 1. The summed E-state index contributed by atoms with van der Waals surface area (Å²) in [5, 5.41) is -5.52. The van der Waals surface area contributed by atoms with Gasteiger partial charge in [0.2, 0.25) is 0 Å². The fourth-order valence-electron chi connectivity index (χ4n) is 0.695. The lowest BCUT2D eigenvalue weighted by Crippen LogP contribution is -2.52. The van der Waals surface area contributed by atoms with Crippen LogP contribution in [0.2, 0.25) is 0 Å². The minimum Gasteiger partial charge on any atom is -0.281 e. The fraction of sp³-hybridized carbons (Fsp3) is 1.00. The first-order chi connectivity index (χ1) is 6.65. The molecule has 0 aliphatic carbocycles. The second-order valence-corrected chi connectivity index (χ2v) is 5.11. The van der Waals surface area contributed by atoms with Crippen LogP contribution < -0.4 is 0 Å². The van der Waals surface area contributed by atoms with Crippen LogP contribution in [0, 0.1) is 5.41 Å². The molecule has 0 aromatic heterocycles. The second kappa shape index (κ2) is 3.76. The van der Waals surface area contributed by atoms with Gasteiger partial charge in [-0.2, -0.15) is 30.4 Å². The number of halogens is 6. The zero-order valence-corrected chi connectivity index (χ0v) is 8.83. The molecule has 10 heteroatoms. The summed E-state index contributed by atoms with van der Waals surface area (Å²) in [6, 6.07) is 0. The Morgan fingerprint density at radius 3 is 1.56 bits per heavy atom. The van der Waals surface area contributed by atoms with E-state index in [2.05, 4.69) is 0 Å². The van der Waals surface area contributed by atoms with Crippen molar-refractivity contribution in [3.63, 3.8) is 0 Å². The van der Waals surface area contributed by atoms with E-state index in [0.717, 1.165) is 0 Å². The average molecular weight is 274 g/mol. The third kappa shape index (κ3) is 2.42. The summed E-state index contributed by atoms with van der Waals surface area (Å²) < 4.78 is 103. The van der Waals surface area contributed by atoms with Crippen LogP contribution in [0.25, 0.3) is 0 Å². The molecule has 1 unspecified atom stereocenters. The van der Waals surface area contributed by atoms with Gasteiger partial charge in [0.05, 0.1) is 5.41 Å². The molecule has 0 saturated carbocycles. The lowest BCUT2D eigenvalue weighted by atomic mass is 9.87. The largest absolute Gasteiger partial charge is 0.401 e. The second-order valence-electron chi connectivity index (χ2n) is 3.62. The monoisotopic (exact) mass is 274 g/mol. The first-order valence-corrected chi connectivity index (χ1v) is 5.15. The molecule has 98 valence electrons. The Morgan fingerprint density at radius 2 is 1.38 bits per heavy atom. The van der Waals surface area contributed by atoms with Gasteiger partial charge < -0.3 is 0 Å². The first kappa shape index (κ1) is 15.5. The smallest absolute Gasteiger partial charge is 0.281 e. The molecule has 1 N–H and O–H groups in total. The molecule has 0 amide bonds. The molecule has 0 aliphatic rings. The van der Waals surface area contributed by atoms with Crippen LogP contribution in [-0.2, 0) is 10.1 Å². The molecule has 0 bridgehead atoms. The Morgan fingerprint density at radius 1 is 1.06 bits per heavy atom. The van der Waals surface area contributed by atoms with Gasteiger partial charge in [-0.3, -0.25) is 4.55 Å². The standard InChI is InChI=1S/C6H8F6O3S/c1-4(2,6(10,11)12)3(7)5(8,9)16(13,14)15/h3H,1-2H3,(H,13,14,15). The van der Waals surface area contributed by atoms with E-state index in [1.54, 1.807) is 0 Å². The van der Waals surface area contributed by atoms with E-state index in [1.807, 2.05) is 0 Å². The zero-order chi connectivity index (χ0) is 13.6. The topological polar surface area (TPSA) is 54.4 Å². The number of alkyl halides is 6. The quantitative estimate of drug-likeness (QED) is 0.635. The van der Waals surface area contributed by atoms with Gasteiger partial charge in [-0.05, 0) is 13.8 Å². The van der Waals surface area contributed by atoms with Crippen molar-refractivity contribution in [2.45, 2.75) is 31.5 Å². The Balaban J connectivity index is 5.48. The van der Waals surface area contributed by atoms with Crippen LogP contribution >= 0.6 is 0 Å². The third-order valence-electron chi connectivity index (χ3n) is 2.00. The van der Waals surface area contributed by atoms with E-state index in [4.69, 9.17) is 4.55 Å². The van der Waals surface area contributed by atoms with Gasteiger partial charge in [0.25, 0.3) is 0 Å². The molecule has 0 saturated heterocycles. The lowest BCUT2D eigenvalue weighted by Gasteiger charge is -2.33. The molecule has 0 aromatic rings. The zero-order valence-electron chi connectivity index (χ0n) is 8.02. The maximum atomic E-state index is 12.9. The van der Waals surface area contributed by atoms with E-state index < -0.39 is 33.1 Å². The molecule has 0 spiro atoms. The Labute approximate surface area is 87.2 Å². The molecule has 0 aliphatic heterocycles. The highest BCUT2D eigenvalue weighted by molar-refractivity contribution is 7.86. The van der Waals surface area contributed by atoms with Crippen LogP contribution in [0.5, 0.6) is 0 Å². The van der Waals surface area contributed by atoms with Crippen molar-refractivity contribution in [1.82, 2.24) is 0 Å². The molecular formula is C6H8F6O3S. The highest BCUT2D eigenvalue weighted by atomic mass is 32.2. The highest BCUT2D eigenvalue weighted by Crippen LogP contribution is 2.47. The maximum Gasteiger partial charge on any atom is 0.401 e. The Bertz CT molecular complexity index is 357. The minimum atomic E-state index is -6.25. The summed E-state index contributed by atoms with van der Waals surface area (Å²) in [7, 11) is -6.25. The van der Waals surface area contributed by atoms with E-state index in [9.17, 15) is 34.8 Å². The van der Waals surface area contributed by atoms with Crippen molar-refractivity contribution in [2.75, 3.05) is 0 Å². The number of rotatable bonds is 3. The normalized spacial score (nSPS) is 17.3. The van der Waals surface area contributed by atoms with Crippen molar-refractivity contribution in [2.24, 2.45) is 5.41 Å². The van der Waals surface area contributed by atoms with Gasteiger partial charge in [-0.1, -0.05) is 0 Å². The van der Waals surface area contributed by atoms with Crippen molar-refractivity contribution in [1.29, 1.82) is 0 Å². The molecule has 0 rings (SSSR count). The van der Waals surface area contributed by atoms with Crippen LogP contribution in [0.4, 0.5) is 26.3 Å². The molecule has 0 heterocycles. The summed E-state index contributed by atoms with van der Waals surface area (Å²) in [5.41, 5.74) is -3.62. The van der Waals surface area contributed by atoms with Crippen LogP contribution in [0.1, 0.15) is 13.8 Å². The predicted molar refractivity (Wildman–Crippen MR) is 41.2 cm³/mol. The summed E-state index contributed by atoms with van der Waals surface area (Å²) in [6.45, 7) is 0.132. The molecular weight excluding hydrogens is 266 g/mol. The molecule has 0 radical (unpaired) electrons. The Hall–Kier alpha value is -0.510. The van der Waals surface area contributed by atoms with Gasteiger partial charge in [-0.25, -0.2) is 4.39 Å².